The molecule has 0 aliphatic heterocycles. The molecule has 2 heteroatoms. The molecule has 0 unspecified atom stereocenters. The second-order valence-corrected chi connectivity index (χ2v) is 4.76. The minimum Gasteiger partial charge on any atom is -0.399 e. The van der Waals surface area contributed by atoms with Gasteiger partial charge in [0.25, 0.3) is 0 Å². The Kier molecular flexibility index (Phi) is 3.63. The summed E-state index contributed by atoms with van der Waals surface area (Å²) in [5.41, 5.74) is 9.24. The molecule has 2 aromatic rings. The highest BCUT2D eigenvalue weighted by atomic mass is 14.7. The average Bonchev–Trinajstić information content (AvgIpc) is 2.63. The van der Waals surface area contributed by atoms with Crippen LogP contribution in [-0.2, 0) is 5.41 Å². The lowest BCUT2D eigenvalue weighted by molar-refractivity contribution is 0.596. The van der Waals surface area contributed by atoms with Crippen molar-refractivity contribution in [2.45, 2.75) is 40.0 Å². The van der Waals surface area contributed by atoms with Crippen LogP contribution < -0.4 is 5.73 Å². The molecule has 16 heavy (non-hydrogen) atoms. The van der Waals surface area contributed by atoms with Gasteiger partial charge in [0.2, 0.25) is 0 Å². The molecule has 0 radical (unpaired) electrons. The van der Waals surface area contributed by atoms with E-state index >= 15 is 0 Å². The third-order valence-corrected chi connectivity index (χ3v) is 2.51. The van der Waals surface area contributed by atoms with E-state index < -0.39 is 0 Å². The van der Waals surface area contributed by atoms with Crippen molar-refractivity contribution in [3.8, 4) is 0 Å². The number of benzene rings is 1. The smallest absolute Gasteiger partial charge is 0.0458 e. The summed E-state index contributed by atoms with van der Waals surface area (Å²) in [5, 5.41) is 1.23. The van der Waals surface area contributed by atoms with Gasteiger partial charge in [-0.2, -0.15) is 0 Å². The zero-order valence-corrected chi connectivity index (χ0v) is 10.9. The summed E-state index contributed by atoms with van der Waals surface area (Å²) < 4.78 is 0. The lowest BCUT2D eigenvalue weighted by atomic mass is 9.87. The average molecular weight is 220 g/mol. The molecule has 0 atom stereocenters. The fraction of sp³-hybridized carbons (Fsp3) is 0.429. The van der Waals surface area contributed by atoms with E-state index in [-0.39, 0.29) is 6.84 Å². The molecule has 90 valence electrons. The number of nitrogen functional groups attached to an aromatic ring is 1. The van der Waals surface area contributed by atoms with Gasteiger partial charge in [0, 0.05) is 24.2 Å². The van der Waals surface area contributed by atoms with Crippen molar-refractivity contribution in [1.29, 1.82) is 0 Å². The molecule has 0 saturated carbocycles. The number of hydrogen-bond donors (Lipinski definition) is 2. The van der Waals surface area contributed by atoms with E-state index in [0.29, 0.717) is 0 Å². The Morgan fingerprint density at radius 3 is 2.38 bits per heavy atom. The Balaban J connectivity index is 0.000000811. The molecule has 3 N–H and O–H groups in total. The summed E-state index contributed by atoms with van der Waals surface area (Å²) in [7, 11) is 0. The number of H-pyrrole nitrogens is 1. The van der Waals surface area contributed by atoms with E-state index in [2.05, 4.69) is 32.0 Å². The number of nitrogens with one attached hydrogen (secondary N) is 1. The van der Waals surface area contributed by atoms with Crippen molar-refractivity contribution in [1.82, 2.24) is 4.98 Å². The Morgan fingerprint density at radius 1 is 1.19 bits per heavy atom. The first-order valence-electron chi connectivity index (χ1n) is 5.85. The van der Waals surface area contributed by atoms with Crippen molar-refractivity contribution in [2.24, 2.45) is 0 Å². The molecule has 1 heterocycles. The van der Waals surface area contributed by atoms with Crippen molar-refractivity contribution >= 4 is 16.6 Å². The highest BCUT2D eigenvalue weighted by Gasteiger charge is 2.17. The standard InChI is InChI=1S/C12H16N2.C2H6.H2/c1-12(2,3)10-7-14-11-5-4-8(13)6-9(10)11;1-2;/h4-7,14H,13H2,1-3H3;1-2H3;1H. The van der Waals surface area contributed by atoms with Gasteiger partial charge >= 0.3 is 0 Å². The van der Waals surface area contributed by atoms with Crippen LogP contribution in [0.15, 0.2) is 24.4 Å². The van der Waals surface area contributed by atoms with Gasteiger partial charge in [0.1, 0.15) is 0 Å². The maximum atomic E-state index is 5.78. The largest absolute Gasteiger partial charge is 0.399 e. The van der Waals surface area contributed by atoms with Gasteiger partial charge in [-0.1, -0.05) is 34.6 Å². The molecule has 0 saturated heterocycles. The highest BCUT2D eigenvalue weighted by molar-refractivity contribution is 5.86. The second-order valence-electron chi connectivity index (χ2n) is 4.76. The number of anilines is 1. The lowest BCUT2D eigenvalue weighted by Gasteiger charge is -2.17. The van der Waals surface area contributed by atoms with Crippen LogP contribution in [0.3, 0.4) is 0 Å². The fourth-order valence-electron chi connectivity index (χ4n) is 1.76. The van der Waals surface area contributed by atoms with E-state index in [1.54, 1.807) is 0 Å². The molecule has 2 rings (SSSR count). The summed E-state index contributed by atoms with van der Waals surface area (Å²) in [6.07, 6.45) is 2.07. The Hall–Kier alpha value is -1.44. The van der Waals surface area contributed by atoms with E-state index in [1.807, 2.05) is 32.0 Å². The number of rotatable bonds is 0. The lowest BCUT2D eigenvalue weighted by Crippen LogP contribution is -2.09. The topological polar surface area (TPSA) is 41.8 Å². The predicted octanol–water partition coefficient (Wildman–Crippen LogP) is 4.32. The van der Waals surface area contributed by atoms with Gasteiger partial charge < -0.3 is 10.7 Å². The molecule has 0 bridgehead atoms. The first-order chi connectivity index (χ1) is 7.48. The first-order valence-corrected chi connectivity index (χ1v) is 5.85. The number of aromatic amines is 1. The predicted molar refractivity (Wildman–Crippen MR) is 74.9 cm³/mol. The van der Waals surface area contributed by atoms with E-state index in [4.69, 9.17) is 5.73 Å². The summed E-state index contributed by atoms with van der Waals surface area (Å²) in [5.74, 6) is 0. The zero-order chi connectivity index (χ0) is 12.3. The minimum absolute atomic E-state index is 0. The van der Waals surface area contributed by atoms with Crippen molar-refractivity contribution in [2.75, 3.05) is 5.73 Å². The van der Waals surface area contributed by atoms with Gasteiger partial charge in [0.15, 0.2) is 0 Å². The van der Waals surface area contributed by atoms with Crippen LogP contribution in [0.25, 0.3) is 10.9 Å². The van der Waals surface area contributed by atoms with E-state index in [9.17, 15) is 0 Å². The molecule has 0 fully saturated rings. The SMILES string of the molecule is CC.CC(C)(C)c1c[nH]c2ccc(N)cc12.[HH]. The molecular weight excluding hydrogens is 196 g/mol. The molecular formula is C14H24N2. The first kappa shape index (κ1) is 12.6. The molecule has 0 aliphatic carbocycles. The van der Waals surface area contributed by atoms with Crippen LogP contribution in [0, 0.1) is 0 Å². The van der Waals surface area contributed by atoms with Crippen LogP contribution in [0.5, 0.6) is 0 Å². The van der Waals surface area contributed by atoms with Gasteiger partial charge in [-0.15, -0.1) is 0 Å². The van der Waals surface area contributed by atoms with Crippen LogP contribution >= 0.6 is 0 Å². The number of fused-ring (bicyclic) bond motifs is 1. The van der Waals surface area contributed by atoms with Crippen molar-refractivity contribution in [3.05, 3.63) is 30.0 Å². The molecule has 0 aliphatic rings. The molecule has 0 spiro atoms. The van der Waals surface area contributed by atoms with Gasteiger partial charge in [-0.05, 0) is 29.2 Å². The van der Waals surface area contributed by atoms with Gasteiger partial charge in [-0.25, -0.2) is 0 Å². The maximum Gasteiger partial charge on any atom is 0.0458 e. The monoisotopic (exact) mass is 220 g/mol. The number of nitrogens with two attached hydrogens (primary N) is 1. The second kappa shape index (κ2) is 4.60. The van der Waals surface area contributed by atoms with Crippen molar-refractivity contribution < 1.29 is 1.43 Å². The van der Waals surface area contributed by atoms with E-state index in [1.165, 1.54) is 10.9 Å². The fourth-order valence-corrected chi connectivity index (χ4v) is 1.76. The summed E-state index contributed by atoms with van der Waals surface area (Å²) in [6, 6.07) is 5.98. The van der Waals surface area contributed by atoms with Crippen LogP contribution in [0.2, 0.25) is 0 Å². The third-order valence-electron chi connectivity index (χ3n) is 2.51. The quantitative estimate of drug-likeness (QED) is 0.638. The number of hydrogen-bond acceptors (Lipinski definition) is 1. The Morgan fingerprint density at radius 2 is 1.81 bits per heavy atom. The van der Waals surface area contributed by atoms with Gasteiger partial charge in [0.05, 0.1) is 0 Å². The third kappa shape index (κ3) is 2.38. The Bertz CT molecular complexity index is 467. The minimum atomic E-state index is 0. The maximum absolute atomic E-state index is 5.78. The molecule has 1 aromatic carbocycles. The Labute approximate surface area is 99.3 Å². The highest BCUT2D eigenvalue weighted by Crippen LogP contribution is 2.30. The van der Waals surface area contributed by atoms with Crippen LogP contribution in [0.4, 0.5) is 5.69 Å². The van der Waals surface area contributed by atoms with Crippen molar-refractivity contribution in [3.63, 3.8) is 0 Å². The van der Waals surface area contributed by atoms with Crippen LogP contribution in [0.1, 0.15) is 41.6 Å². The summed E-state index contributed by atoms with van der Waals surface area (Å²) >= 11 is 0. The molecule has 1 aromatic heterocycles. The van der Waals surface area contributed by atoms with Gasteiger partial charge in [-0.3, -0.25) is 0 Å². The number of aromatic nitrogens is 1. The molecule has 0 amide bonds. The van der Waals surface area contributed by atoms with Crippen LogP contribution in [-0.4, -0.2) is 4.98 Å². The molecule has 2 nitrogen and oxygen atoms in total. The normalized spacial score (nSPS) is 11.1. The zero-order valence-electron chi connectivity index (χ0n) is 10.9. The summed E-state index contributed by atoms with van der Waals surface area (Å²) in [4.78, 5) is 3.27. The summed E-state index contributed by atoms with van der Waals surface area (Å²) in [6.45, 7) is 10.6. The van der Waals surface area contributed by atoms with E-state index in [0.717, 1.165) is 11.2 Å².